The molecule has 0 heterocycles. The standard InChI is InChI=1S/C11H12ClNO2/c12-7-4-5-9(10(14)6-7)11(15)13-8-2-1-3-8/h4-6,8,14H,1-3H2,(H,13,15). The van der Waals surface area contributed by atoms with Crippen molar-refractivity contribution in [3.05, 3.63) is 28.8 Å². The Balaban J connectivity index is 2.10. The molecule has 1 aliphatic carbocycles. The smallest absolute Gasteiger partial charge is 0.255 e. The second kappa shape index (κ2) is 4.11. The molecule has 1 saturated carbocycles. The van der Waals surface area contributed by atoms with Crippen molar-refractivity contribution in [3.63, 3.8) is 0 Å². The number of halogens is 1. The molecule has 0 atom stereocenters. The van der Waals surface area contributed by atoms with Crippen LogP contribution in [0, 0.1) is 0 Å². The van der Waals surface area contributed by atoms with Gasteiger partial charge in [0.15, 0.2) is 0 Å². The van der Waals surface area contributed by atoms with E-state index in [2.05, 4.69) is 5.32 Å². The highest BCUT2D eigenvalue weighted by molar-refractivity contribution is 6.30. The number of carbonyl (C=O) groups is 1. The van der Waals surface area contributed by atoms with E-state index in [4.69, 9.17) is 11.6 Å². The lowest BCUT2D eigenvalue weighted by Gasteiger charge is -2.26. The summed E-state index contributed by atoms with van der Waals surface area (Å²) in [4.78, 5) is 11.7. The van der Waals surface area contributed by atoms with Gasteiger partial charge in [0.25, 0.3) is 5.91 Å². The molecule has 4 heteroatoms. The quantitative estimate of drug-likeness (QED) is 0.812. The average Bonchev–Trinajstić information content (AvgIpc) is 2.11. The topological polar surface area (TPSA) is 49.3 Å². The molecule has 0 spiro atoms. The van der Waals surface area contributed by atoms with Gasteiger partial charge in [-0.15, -0.1) is 0 Å². The lowest BCUT2D eigenvalue weighted by molar-refractivity contribution is 0.0914. The minimum Gasteiger partial charge on any atom is -0.507 e. The van der Waals surface area contributed by atoms with Crippen LogP contribution in [0.4, 0.5) is 0 Å². The Labute approximate surface area is 93.1 Å². The van der Waals surface area contributed by atoms with Gasteiger partial charge in [-0.05, 0) is 37.5 Å². The molecule has 0 unspecified atom stereocenters. The first-order chi connectivity index (χ1) is 7.16. The van der Waals surface area contributed by atoms with Gasteiger partial charge in [-0.1, -0.05) is 11.6 Å². The van der Waals surface area contributed by atoms with E-state index in [0.717, 1.165) is 19.3 Å². The Morgan fingerprint density at radius 1 is 1.47 bits per heavy atom. The second-order valence-corrected chi connectivity index (χ2v) is 4.20. The van der Waals surface area contributed by atoms with E-state index in [1.807, 2.05) is 0 Å². The maximum absolute atomic E-state index is 11.7. The highest BCUT2D eigenvalue weighted by atomic mass is 35.5. The van der Waals surface area contributed by atoms with Crippen LogP contribution >= 0.6 is 11.6 Å². The van der Waals surface area contributed by atoms with Crippen molar-refractivity contribution < 1.29 is 9.90 Å². The SMILES string of the molecule is O=C(NC1CCC1)c1ccc(Cl)cc1O. The third-order valence-corrected chi connectivity index (χ3v) is 2.88. The minimum absolute atomic E-state index is 0.0701. The number of benzene rings is 1. The molecule has 1 amide bonds. The van der Waals surface area contributed by atoms with Gasteiger partial charge in [0.05, 0.1) is 5.56 Å². The number of phenols is 1. The van der Waals surface area contributed by atoms with Gasteiger partial charge in [0.2, 0.25) is 0 Å². The summed E-state index contributed by atoms with van der Waals surface area (Å²) in [6, 6.07) is 4.77. The molecule has 1 aliphatic rings. The number of hydrogen-bond acceptors (Lipinski definition) is 2. The van der Waals surface area contributed by atoms with Crippen LogP contribution in [0.1, 0.15) is 29.6 Å². The van der Waals surface area contributed by atoms with Crippen molar-refractivity contribution in [2.75, 3.05) is 0 Å². The van der Waals surface area contributed by atoms with Gasteiger partial charge in [0, 0.05) is 11.1 Å². The first-order valence-corrected chi connectivity index (χ1v) is 5.34. The number of hydrogen-bond donors (Lipinski definition) is 2. The molecule has 0 bridgehead atoms. The van der Waals surface area contributed by atoms with Gasteiger partial charge in [-0.2, -0.15) is 0 Å². The first kappa shape index (κ1) is 10.3. The largest absolute Gasteiger partial charge is 0.507 e. The van der Waals surface area contributed by atoms with Gasteiger partial charge >= 0.3 is 0 Å². The molecule has 1 aromatic carbocycles. The van der Waals surface area contributed by atoms with Crippen molar-refractivity contribution in [3.8, 4) is 5.75 Å². The Kier molecular flexibility index (Phi) is 2.82. The van der Waals surface area contributed by atoms with Crippen molar-refractivity contribution in [1.82, 2.24) is 5.32 Å². The molecule has 80 valence electrons. The van der Waals surface area contributed by atoms with Crippen LogP contribution in [0.5, 0.6) is 5.75 Å². The number of aromatic hydroxyl groups is 1. The summed E-state index contributed by atoms with van der Waals surface area (Å²) >= 11 is 5.67. The van der Waals surface area contributed by atoms with Crippen molar-refractivity contribution in [2.45, 2.75) is 25.3 Å². The Hall–Kier alpha value is -1.22. The number of carbonyl (C=O) groups excluding carboxylic acids is 1. The predicted molar refractivity (Wildman–Crippen MR) is 58.2 cm³/mol. The number of rotatable bonds is 2. The third kappa shape index (κ3) is 2.23. The Morgan fingerprint density at radius 2 is 2.20 bits per heavy atom. The van der Waals surface area contributed by atoms with E-state index in [1.165, 1.54) is 12.1 Å². The maximum Gasteiger partial charge on any atom is 0.255 e. The normalized spacial score (nSPS) is 15.8. The van der Waals surface area contributed by atoms with Gasteiger partial charge in [-0.25, -0.2) is 0 Å². The maximum atomic E-state index is 11.7. The van der Waals surface area contributed by atoms with Crippen LogP contribution in [-0.4, -0.2) is 17.1 Å². The van der Waals surface area contributed by atoms with Crippen LogP contribution in [0.3, 0.4) is 0 Å². The zero-order valence-corrected chi connectivity index (χ0v) is 8.92. The van der Waals surface area contributed by atoms with Crippen molar-refractivity contribution >= 4 is 17.5 Å². The monoisotopic (exact) mass is 225 g/mol. The van der Waals surface area contributed by atoms with E-state index in [9.17, 15) is 9.90 Å². The summed E-state index contributed by atoms with van der Waals surface area (Å²) in [6.45, 7) is 0. The molecule has 2 rings (SSSR count). The van der Waals surface area contributed by atoms with E-state index in [-0.39, 0.29) is 23.3 Å². The zero-order valence-electron chi connectivity index (χ0n) is 8.16. The van der Waals surface area contributed by atoms with Crippen LogP contribution in [-0.2, 0) is 0 Å². The molecule has 1 fully saturated rings. The first-order valence-electron chi connectivity index (χ1n) is 4.96. The van der Waals surface area contributed by atoms with Crippen molar-refractivity contribution in [2.24, 2.45) is 0 Å². The number of phenolic OH excluding ortho intramolecular Hbond substituents is 1. The number of nitrogens with one attached hydrogen (secondary N) is 1. The van der Waals surface area contributed by atoms with Crippen LogP contribution in [0.25, 0.3) is 0 Å². The number of amides is 1. The van der Waals surface area contributed by atoms with Gasteiger partial charge in [0.1, 0.15) is 5.75 Å². The fourth-order valence-electron chi connectivity index (χ4n) is 1.51. The summed E-state index contributed by atoms with van der Waals surface area (Å²) in [5, 5.41) is 12.8. The lowest BCUT2D eigenvalue weighted by atomic mass is 9.93. The molecule has 0 radical (unpaired) electrons. The molecule has 0 aromatic heterocycles. The summed E-state index contributed by atoms with van der Waals surface area (Å²) in [5.41, 5.74) is 0.284. The predicted octanol–water partition coefficient (Wildman–Crippen LogP) is 2.33. The molecule has 2 N–H and O–H groups in total. The molecule has 0 saturated heterocycles. The molecule has 0 aliphatic heterocycles. The summed E-state index contributed by atoms with van der Waals surface area (Å²) in [6.07, 6.45) is 3.22. The van der Waals surface area contributed by atoms with Crippen LogP contribution < -0.4 is 5.32 Å². The highest BCUT2D eigenvalue weighted by Gasteiger charge is 2.21. The lowest BCUT2D eigenvalue weighted by Crippen LogP contribution is -2.39. The Morgan fingerprint density at radius 3 is 2.73 bits per heavy atom. The highest BCUT2D eigenvalue weighted by Crippen LogP contribution is 2.23. The molecule has 3 nitrogen and oxygen atoms in total. The van der Waals surface area contributed by atoms with Crippen LogP contribution in [0.2, 0.25) is 5.02 Å². The van der Waals surface area contributed by atoms with E-state index in [1.54, 1.807) is 6.07 Å². The van der Waals surface area contributed by atoms with E-state index in [0.29, 0.717) is 5.02 Å². The molecular formula is C11H12ClNO2. The summed E-state index contributed by atoms with van der Waals surface area (Å²) in [5.74, 6) is -0.298. The average molecular weight is 226 g/mol. The summed E-state index contributed by atoms with van der Waals surface area (Å²) < 4.78 is 0. The van der Waals surface area contributed by atoms with E-state index < -0.39 is 0 Å². The minimum atomic E-state index is -0.228. The fourth-order valence-corrected chi connectivity index (χ4v) is 1.68. The zero-order chi connectivity index (χ0) is 10.8. The molecule has 15 heavy (non-hydrogen) atoms. The van der Waals surface area contributed by atoms with Gasteiger partial charge < -0.3 is 10.4 Å². The third-order valence-electron chi connectivity index (χ3n) is 2.64. The second-order valence-electron chi connectivity index (χ2n) is 3.76. The molecule has 1 aromatic rings. The molecular weight excluding hydrogens is 214 g/mol. The van der Waals surface area contributed by atoms with E-state index >= 15 is 0 Å². The van der Waals surface area contributed by atoms with Crippen molar-refractivity contribution in [1.29, 1.82) is 0 Å². The van der Waals surface area contributed by atoms with Crippen LogP contribution in [0.15, 0.2) is 18.2 Å². The Bertz CT molecular complexity index is 388. The van der Waals surface area contributed by atoms with Gasteiger partial charge in [-0.3, -0.25) is 4.79 Å². The summed E-state index contributed by atoms with van der Waals surface area (Å²) in [7, 11) is 0. The fraction of sp³-hybridized carbons (Fsp3) is 0.364.